The lowest BCUT2D eigenvalue weighted by Gasteiger charge is -2.06. The van der Waals surface area contributed by atoms with Gasteiger partial charge in [0, 0.05) is 78.3 Å². The number of rotatable bonds is 4. The number of thiophene rings is 4. The standard InChI is InChI=1S/C26H22N2S4/c1-27(2)25-13-19-17-11-15(29-21(17)7-9-23(19)31-25)5-6-16-12-18-20-14-26(28(3)4)32-24(20)10-8-22(18)30-16/h5-14H,1-4H3/b6-5+. The summed E-state index contributed by atoms with van der Waals surface area (Å²) in [7, 11) is 8.44. The normalized spacial score (nSPS) is 12.2. The molecule has 0 atom stereocenters. The van der Waals surface area contributed by atoms with Crippen molar-refractivity contribution in [2.75, 3.05) is 38.0 Å². The van der Waals surface area contributed by atoms with E-state index in [0.29, 0.717) is 0 Å². The van der Waals surface area contributed by atoms with Gasteiger partial charge in [-0.1, -0.05) is 0 Å². The Balaban J connectivity index is 1.38. The molecule has 6 rings (SSSR count). The average molecular weight is 491 g/mol. The van der Waals surface area contributed by atoms with E-state index in [-0.39, 0.29) is 0 Å². The van der Waals surface area contributed by atoms with Crippen LogP contribution < -0.4 is 9.80 Å². The number of hydrogen-bond donors (Lipinski definition) is 0. The predicted molar refractivity (Wildman–Crippen MR) is 152 cm³/mol. The summed E-state index contributed by atoms with van der Waals surface area (Å²) in [5, 5.41) is 8.07. The first-order valence-electron chi connectivity index (χ1n) is 10.4. The minimum Gasteiger partial charge on any atom is -0.370 e. The van der Waals surface area contributed by atoms with Crippen LogP contribution in [0.25, 0.3) is 52.5 Å². The second kappa shape index (κ2) is 7.59. The molecule has 0 aliphatic carbocycles. The molecule has 0 N–H and O–H groups in total. The number of anilines is 2. The van der Waals surface area contributed by atoms with Gasteiger partial charge in [0.25, 0.3) is 0 Å². The number of nitrogens with zero attached hydrogens (tertiary/aromatic N) is 2. The van der Waals surface area contributed by atoms with Crippen LogP contribution in [0.5, 0.6) is 0 Å². The van der Waals surface area contributed by atoms with Crippen LogP contribution in [-0.2, 0) is 0 Å². The Hall–Kier alpha value is -2.38. The van der Waals surface area contributed by atoms with Gasteiger partial charge in [-0.15, -0.1) is 45.3 Å². The van der Waals surface area contributed by atoms with Gasteiger partial charge in [-0.05, 0) is 60.7 Å². The third-order valence-corrected chi connectivity index (χ3v) is 10.4. The topological polar surface area (TPSA) is 6.48 Å². The molecule has 160 valence electrons. The van der Waals surface area contributed by atoms with Crippen molar-refractivity contribution in [1.82, 2.24) is 0 Å². The average Bonchev–Trinajstić information content (AvgIpc) is 3.53. The summed E-state index contributed by atoms with van der Waals surface area (Å²) in [6.45, 7) is 0. The summed E-state index contributed by atoms with van der Waals surface area (Å²) in [6.07, 6.45) is 4.55. The van der Waals surface area contributed by atoms with Crippen molar-refractivity contribution >= 4 is 108 Å². The quantitative estimate of drug-likeness (QED) is 0.243. The van der Waals surface area contributed by atoms with E-state index in [1.165, 1.54) is 60.1 Å². The minimum absolute atomic E-state index is 1.30. The Morgan fingerprint density at radius 3 is 1.22 bits per heavy atom. The lowest BCUT2D eigenvalue weighted by Crippen LogP contribution is -2.05. The fourth-order valence-corrected chi connectivity index (χ4v) is 8.00. The van der Waals surface area contributed by atoms with Crippen molar-refractivity contribution in [3.8, 4) is 0 Å². The Morgan fingerprint density at radius 2 is 0.844 bits per heavy atom. The summed E-state index contributed by atoms with van der Waals surface area (Å²) in [5.74, 6) is 0. The SMILES string of the molecule is CN(C)c1cc2c(ccc3sc(/C=C/c4cc5c(ccc6sc(N(C)C)cc65)s4)cc32)s1. The highest BCUT2D eigenvalue weighted by Crippen LogP contribution is 2.41. The molecule has 2 nitrogen and oxygen atoms in total. The largest absolute Gasteiger partial charge is 0.370 e. The molecule has 0 unspecified atom stereocenters. The molecule has 4 heterocycles. The highest BCUT2D eigenvalue weighted by Gasteiger charge is 2.11. The highest BCUT2D eigenvalue weighted by atomic mass is 32.1. The molecular weight excluding hydrogens is 469 g/mol. The fourth-order valence-electron chi connectivity index (χ4n) is 4.04. The molecular formula is C26H22N2S4. The first-order valence-corrected chi connectivity index (χ1v) is 13.7. The van der Waals surface area contributed by atoms with Crippen LogP contribution in [0.2, 0.25) is 0 Å². The number of fused-ring (bicyclic) bond motifs is 6. The van der Waals surface area contributed by atoms with Crippen molar-refractivity contribution < 1.29 is 0 Å². The lowest BCUT2D eigenvalue weighted by molar-refractivity contribution is 1.16. The van der Waals surface area contributed by atoms with Crippen LogP contribution >= 0.6 is 45.3 Å². The molecule has 0 aliphatic heterocycles. The van der Waals surface area contributed by atoms with Crippen molar-refractivity contribution in [2.24, 2.45) is 0 Å². The maximum absolute atomic E-state index is 2.35. The second-order valence-corrected chi connectivity index (χ2v) is 12.7. The first kappa shape index (κ1) is 20.2. The Bertz CT molecular complexity index is 1520. The zero-order chi connectivity index (χ0) is 22.0. The molecule has 0 saturated carbocycles. The molecule has 6 heteroatoms. The zero-order valence-electron chi connectivity index (χ0n) is 18.3. The molecule has 6 aromatic rings. The molecule has 2 aromatic carbocycles. The monoisotopic (exact) mass is 490 g/mol. The van der Waals surface area contributed by atoms with Gasteiger partial charge >= 0.3 is 0 Å². The van der Waals surface area contributed by atoms with Gasteiger partial charge in [-0.3, -0.25) is 0 Å². The minimum atomic E-state index is 1.30. The van der Waals surface area contributed by atoms with Crippen molar-refractivity contribution in [3.63, 3.8) is 0 Å². The Kier molecular flexibility index (Phi) is 4.80. The van der Waals surface area contributed by atoms with Crippen molar-refractivity contribution in [2.45, 2.75) is 0 Å². The van der Waals surface area contributed by atoms with E-state index in [4.69, 9.17) is 0 Å². The lowest BCUT2D eigenvalue weighted by atomic mass is 10.1. The van der Waals surface area contributed by atoms with Gasteiger partial charge in [0.2, 0.25) is 0 Å². The van der Waals surface area contributed by atoms with Gasteiger partial charge in [-0.25, -0.2) is 0 Å². The van der Waals surface area contributed by atoms with Crippen LogP contribution in [0, 0.1) is 0 Å². The van der Waals surface area contributed by atoms with E-state index in [1.807, 2.05) is 45.3 Å². The molecule has 4 aromatic heterocycles. The van der Waals surface area contributed by atoms with Crippen LogP contribution in [0.4, 0.5) is 10.0 Å². The van der Waals surface area contributed by atoms with Gasteiger partial charge in [0.1, 0.15) is 0 Å². The molecule has 0 spiro atoms. The molecule has 0 amide bonds. The summed E-state index contributed by atoms with van der Waals surface area (Å²) < 4.78 is 5.42. The Labute approximate surface area is 203 Å². The maximum atomic E-state index is 2.35. The third kappa shape index (κ3) is 3.33. The van der Waals surface area contributed by atoms with Crippen LogP contribution in [0.15, 0.2) is 48.5 Å². The maximum Gasteiger partial charge on any atom is 0.0916 e. The van der Waals surface area contributed by atoms with Gasteiger partial charge in [0.05, 0.1) is 10.0 Å². The van der Waals surface area contributed by atoms with Crippen molar-refractivity contribution in [3.05, 3.63) is 58.3 Å². The fraction of sp³-hybridized carbons (Fsp3) is 0.154. The summed E-state index contributed by atoms with van der Waals surface area (Å²) in [4.78, 5) is 6.99. The number of benzene rings is 2. The predicted octanol–water partition coefficient (Wildman–Crippen LogP) is 8.85. The van der Waals surface area contributed by atoms with Crippen LogP contribution in [0.1, 0.15) is 9.75 Å². The van der Waals surface area contributed by atoms with Gasteiger partial charge < -0.3 is 9.80 Å². The molecule has 32 heavy (non-hydrogen) atoms. The number of hydrogen-bond acceptors (Lipinski definition) is 6. The molecule has 0 fully saturated rings. The van der Waals surface area contributed by atoms with E-state index in [0.717, 1.165) is 0 Å². The highest BCUT2D eigenvalue weighted by molar-refractivity contribution is 7.24. The third-order valence-electron chi connectivity index (χ3n) is 5.70. The van der Waals surface area contributed by atoms with Crippen molar-refractivity contribution in [1.29, 1.82) is 0 Å². The van der Waals surface area contributed by atoms with E-state index in [2.05, 4.69) is 98.7 Å². The zero-order valence-corrected chi connectivity index (χ0v) is 21.6. The first-order chi connectivity index (χ1) is 15.5. The van der Waals surface area contributed by atoms with E-state index in [9.17, 15) is 0 Å². The van der Waals surface area contributed by atoms with E-state index >= 15 is 0 Å². The second-order valence-electron chi connectivity index (χ2n) is 8.37. The summed E-state index contributed by atoms with van der Waals surface area (Å²) >= 11 is 7.46. The molecule has 0 aliphatic rings. The van der Waals surface area contributed by atoms with Gasteiger partial charge in [0.15, 0.2) is 0 Å². The summed E-state index contributed by atoms with van der Waals surface area (Å²) in [6, 6.07) is 18.4. The van der Waals surface area contributed by atoms with E-state index in [1.54, 1.807) is 0 Å². The van der Waals surface area contributed by atoms with Gasteiger partial charge in [-0.2, -0.15) is 0 Å². The van der Waals surface area contributed by atoms with Crippen LogP contribution in [-0.4, -0.2) is 28.2 Å². The smallest absolute Gasteiger partial charge is 0.0916 e. The molecule has 0 bridgehead atoms. The summed E-state index contributed by atoms with van der Waals surface area (Å²) in [5.41, 5.74) is 0. The molecule has 0 saturated heterocycles. The Morgan fingerprint density at radius 1 is 0.500 bits per heavy atom. The van der Waals surface area contributed by atoms with Crippen LogP contribution in [0.3, 0.4) is 0 Å². The molecule has 0 radical (unpaired) electrons. The van der Waals surface area contributed by atoms with E-state index < -0.39 is 0 Å².